The molecule has 1 saturated carbocycles. The first-order chi connectivity index (χ1) is 7.16. The van der Waals surface area contributed by atoms with E-state index in [2.05, 4.69) is 10.3 Å². The van der Waals surface area contributed by atoms with Crippen molar-refractivity contribution >= 4 is 23.2 Å². The first-order valence-electron chi connectivity index (χ1n) is 5.11. The minimum absolute atomic E-state index is 0.105. The summed E-state index contributed by atoms with van der Waals surface area (Å²) in [5.41, 5.74) is 1.52. The molecule has 1 heterocycles. The van der Waals surface area contributed by atoms with Crippen LogP contribution in [0.3, 0.4) is 0 Å². The Balaban J connectivity index is 2.06. The number of aromatic nitrogens is 1. The Morgan fingerprint density at radius 2 is 2.27 bits per heavy atom. The molecule has 1 amide bonds. The number of carbonyl (C=O) groups is 1. The molecule has 0 bridgehead atoms. The van der Waals surface area contributed by atoms with Gasteiger partial charge in [0.25, 0.3) is 0 Å². The van der Waals surface area contributed by atoms with Gasteiger partial charge in [-0.25, -0.2) is 4.98 Å². The SMILES string of the molecule is Cc1nc(Cl)ccc1NC(=O)C1CCC1. The van der Waals surface area contributed by atoms with Crippen molar-refractivity contribution in [2.24, 2.45) is 5.92 Å². The lowest BCUT2D eigenvalue weighted by Crippen LogP contribution is -2.28. The van der Waals surface area contributed by atoms with Gasteiger partial charge in [0.2, 0.25) is 5.91 Å². The molecule has 1 aliphatic rings. The minimum Gasteiger partial charge on any atom is -0.324 e. The number of hydrogen-bond acceptors (Lipinski definition) is 2. The third kappa shape index (κ3) is 2.29. The van der Waals surface area contributed by atoms with E-state index in [0.717, 1.165) is 30.6 Å². The van der Waals surface area contributed by atoms with Crippen LogP contribution in [-0.4, -0.2) is 10.9 Å². The van der Waals surface area contributed by atoms with E-state index in [4.69, 9.17) is 11.6 Å². The normalized spacial score (nSPS) is 15.9. The summed E-state index contributed by atoms with van der Waals surface area (Å²) in [6, 6.07) is 3.48. The predicted octanol–water partition coefficient (Wildman–Crippen LogP) is 2.78. The van der Waals surface area contributed by atoms with E-state index in [9.17, 15) is 4.79 Å². The average Bonchev–Trinajstić information content (AvgIpc) is 2.07. The summed E-state index contributed by atoms with van der Waals surface area (Å²) in [6.07, 6.45) is 3.17. The molecule has 0 saturated heterocycles. The zero-order valence-corrected chi connectivity index (χ0v) is 9.34. The lowest BCUT2D eigenvalue weighted by molar-refractivity contribution is -0.122. The molecule has 4 heteroatoms. The molecular formula is C11H13ClN2O. The molecule has 3 nitrogen and oxygen atoms in total. The summed E-state index contributed by atoms with van der Waals surface area (Å²) >= 11 is 5.73. The Bertz CT molecular complexity index is 388. The van der Waals surface area contributed by atoms with Crippen LogP contribution in [0.1, 0.15) is 25.0 Å². The van der Waals surface area contributed by atoms with Crippen LogP contribution in [0.15, 0.2) is 12.1 Å². The first kappa shape index (κ1) is 10.4. The van der Waals surface area contributed by atoms with Crippen molar-refractivity contribution in [3.63, 3.8) is 0 Å². The molecule has 0 spiro atoms. The van der Waals surface area contributed by atoms with E-state index in [1.54, 1.807) is 12.1 Å². The molecule has 0 aliphatic heterocycles. The van der Waals surface area contributed by atoms with Gasteiger partial charge < -0.3 is 5.32 Å². The van der Waals surface area contributed by atoms with E-state index in [1.807, 2.05) is 6.92 Å². The number of nitrogens with zero attached hydrogens (tertiary/aromatic N) is 1. The van der Waals surface area contributed by atoms with Crippen LogP contribution in [0.2, 0.25) is 5.15 Å². The summed E-state index contributed by atoms with van der Waals surface area (Å²) in [4.78, 5) is 15.7. The maximum atomic E-state index is 11.7. The van der Waals surface area contributed by atoms with E-state index >= 15 is 0 Å². The van der Waals surface area contributed by atoms with Crippen molar-refractivity contribution in [2.45, 2.75) is 26.2 Å². The number of pyridine rings is 1. The number of aryl methyl sites for hydroxylation is 1. The van der Waals surface area contributed by atoms with E-state index in [1.165, 1.54) is 0 Å². The Morgan fingerprint density at radius 3 is 2.80 bits per heavy atom. The molecule has 2 rings (SSSR count). The van der Waals surface area contributed by atoms with Crippen LogP contribution in [0.5, 0.6) is 0 Å². The Kier molecular flexibility index (Phi) is 2.91. The summed E-state index contributed by atoms with van der Waals surface area (Å²) in [5, 5.41) is 3.33. The molecule has 1 aliphatic carbocycles. The number of amides is 1. The number of rotatable bonds is 2. The Hall–Kier alpha value is -1.09. The maximum Gasteiger partial charge on any atom is 0.227 e. The minimum atomic E-state index is 0.105. The van der Waals surface area contributed by atoms with Gasteiger partial charge in [-0.2, -0.15) is 0 Å². The standard InChI is InChI=1S/C11H13ClN2O/c1-7-9(5-6-10(12)13-7)14-11(15)8-3-2-4-8/h5-6,8H,2-4H2,1H3,(H,14,15). The molecule has 1 aromatic heterocycles. The zero-order chi connectivity index (χ0) is 10.8. The molecule has 1 fully saturated rings. The van der Waals surface area contributed by atoms with Crippen molar-refractivity contribution in [3.8, 4) is 0 Å². The van der Waals surface area contributed by atoms with E-state index < -0.39 is 0 Å². The molecular weight excluding hydrogens is 212 g/mol. The van der Waals surface area contributed by atoms with Crippen molar-refractivity contribution in [3.05, 3.63) is 23.0 Å². The molecule has 0 aromatic carbocycles. The highest BCUT2D eigenvalue weighted by Crippen LogP contribution is 2.28. The molecule has 15 heavy (non-hydrogen) atoms. The van der Waals surface area contributed by atoms with Crippen LogP contribution in [0, 0.1) is 12.8 Å². The third-order valence-corrected chi connectivity index (χ3v) is 3.00. The van der Waals surface area contributed by atoms with Gasteiger partial charge in [-0.3, -0.25) is 4.79 Å². The summed E-state index contributed by atoms with van der Waals surface area (Å²) in [6.45, 7) is 1.84. The van der Waals surface area contributed by atoms with Gasteiger partial charge in [-0.15, -0.1) is 0 Å². The van der Waals surface area contributed by atoms with Crippen molar-refractivity contribution < 1.29 is 4.79 Å². The van der Waals surface area contributed by atoms with E-state index in [0.29, 0.717) is 5.15 Å². The van der Waals surface area contributed by atoms with Gasteiger partial charge in [-0.05, 0) is 31.9 Å². The van der Waals surface area contributed by atoms with Gasteiger partial charge in [0.15, 0.2) is 0 Å². The van der Waals surface area contributed by atoms with Crippen molar-refractivity contribution in [1.29, 1.82) is 0 Å². The number of carbonyl (C=O) groups excluding carboxylic acids is 1. The fourth-order valence-electron chi connectivity index (χ4n) is 1.57. The van der Waals surface area contributed by atoms with Crippen LogP contribution in [-0.2, 0) is 4.79 Å². The fourth-order valence-corrected chi connectivity index (χ4v) is 1.76. The van der Waals surface area contributed by atoms with Crippen molar-refractivity contribution in [2.75, 3.05) is 5.32 Å². The number of nitrogens with one attached hydrogen (secondary N) is 1. The first-order valence-corrected chi connectivity index (χ1v) is 5.48. The summed E-state index contributed by atoms with van der Waals surface area (Å²) < 4.78 is 0. The van der Waals surface area contributed by atoms with Crippen LogP contribution >= 0.6 is 11.6 Å². The lowest BCUT2D eigenvalue weighted by Gasteiger charge is -2.24. The summed E-state index contributed by atoms with van der Waals surface area (Å²) in [7, 11) is 0. The molecule has 80 valence electrons. The largest absolute Gasteiger partial charge is 0.324 e. The second-order valence-corrected chi connectivity index (χ2v) is 4.27. The van der Waals surface area contributed by atoms with Gasteiger partial charge >= 0.3 is 0 Å². The van der Waals surface area contributed by atoms with Gasteiger partial charge in [0.05, 0.1) is 11.4 Å². The molecule has 0 unspecified atom stereocenters. The topological polar surface area (TPSA) is 42.0 Å². The fraction of sp³-hybridized carbons (Fsp3) is 0.455. The zero-order valence-electron chi connectivity index (χ0n) is 8.59. The maximum absolute atomic E-state index is 11.7. The van der Waals surface area contributed by atoms with Gasteiger partial charge in [0.1, 0.15) is 5.15 Å². The average molecular weight is 225 g/mol. The predicted molar refractivity (Wildman–Crippen MR) is 60.0 cm³/mol. The molecule has 0 atom stereocenters. The summed E-state index contributed by atoms with van der Waals surface area (Å²) in [5.74, 6) is 0.300. The number of anilines is 1. The van der Waals surface area contributed by atoms with Crippen LogP contribution in [0.25, 0.3) is 0 Å². The lowest BCUT2D eigenvalue weighted by atomic mass is 9.85. The van der Waals surface area contributed by atoms with Crippen LogP contribution in [0.4, 0.5) is 5.69 Å². The monoisotopic (exact) mass is 224 g/mol. The molecule has 1 N–H and O–H groups in total. The van der Waals surface area contributed by atoms with Gasteiger partial charge in [0, 0.05) is 5.92 Å². The number of hydrogen-bond donors (Lipinski definition) is 1. The Labute approximate surface area is 93.8 Å². The second-order valence-electron chi connectivity index (χ2n) is 3.88. The highest BCUT2D eigenvalue weighted by molar-refractivity contribution is 6.29. The second kappa shape index (κ2) is 4.19. The quantitative estimate of drug-likeness (QED) is 0.785. The molecule has 0 radical (unpaired) electrons. The highest BCUT2D eigenvalue weighted by Gasteiger charge is 2.25. The number of halogens is 1. The van der Waals surface area contributed by atoms with Gasteiger partial charge in [-0.1, -0.05) is 18.0 Å². The van der Waals surface area contributed by atoms with Crippen molar-refractivity contribution in [1.82, 2.24) is 4.98 Å². The Morgan fingerprint density at radius 1 is 1.53 bits per heavy atom. The highest BCUT2D eigenvalue weighted by atomic mass is 35.5. The van der Waals surface area contributed by atoms with E-state index in [-0.39, 0.29) is 11.8 Å². The van der Waals surface area contributed by atoms with Crippen LogP contribution < -0.4 is 5.32 Å². The smallest absolute Gasteiger partial charge is 0.227 e. The molecule has 1 aromatic rings. The third-order valence-electron chi connectivity index (χ3n) is 2.79.